The molecule has 0 spiro atoms. The number of benzene rings is 2. The van der Waals surface area contributed by atoms with Gasteiger partial charge >= 0.3 is 0 Å². The van der Waals surface area contributed by atoms with Crippen molar-refractivity contribution in [2.45, 2.75) is 13.0 Å². The van der Waals surface area contributed by atoms with Gasteiger partial charge in [-0.15, -0.1) is 0 Å². The molecule has 5 nitrogen and oxygen atoms in total. The summed E-state index contributed by atoms with van der Waals surface area (Å²) in [5.74, 6) is -0.239. The molecule has 6 heteroatoms. The number of rotatable bonds is 6. The molecule has 1 amide bonds. The maximum Gasteiger partial charge on any atom is 0.227 e. The molecule has 0 bridgehead atoms. The third-order valence-corrected chi connectivity index (χ3v) is 4.38. The zero-order chi connectivity index (χ0) is 19.4. The molecule has 0 saturated carbocycles. The minimum Gasteiger partial charge on any atom is -0.378 e. The first-order valence-electron chi connectivity index (χ1n) is 8.72. The van der Waals surface area contributed by atoms with Crippen molar-refractivity contribution in [1.29, 1.82) is 0 Å². The normalized spacial score (nSPS) is 10.7. The second kappa shape index (κ2) is 8.03. The molecule has 0 unspecified atom stereocenters. The lowest BCUT2D eigenvalue weighted by Gasteiger charge is -2.17. The lowest BCUT2D eigenvalue weighted by Crippen LogP contribution is -2.27. The fraction of sp³-hybridized carbons (Fsp3) is 0.238. The average Bonchev–Trinajstić information content (AvgIpc) is 3.11. The highest BCUT2D eigenvalue weighted by Crippen LogP contribution is 2.14. The van der Waals surface area contributed by atoms with Crippen LogP contribution < -0.4 is 4.90 Å². The maximum atomic E-state index is 13.0. The van der Waals surface area contributed by atoms with E-state index in [2.05, 4.69) is 5.10 Å². The highest BCUT2D eigenvalue weighted by Gasteiger charge is 2.12. The van der Waals surface area contributed by atoms with Crippen molar-refractivity contribution in [3.05, 3.63) is 77.9 Å². The molecule has 0 aliphatic carbocycles. The fourth-order valence-electron chi connectivity index (χ4n) is 2.76. The Morgan fingerprint density at radius 3 is 2.30 bits per heavy atom. The molecule has 2 aromatic carbocycles. The third-order valence-electron chi connectivity index (χ3n) is 4.38. The van der Waals surface area contributed by atoms with E-state index in [4.69, 9.17) is 0 Å². The number of likely N-dealkylation sites (N-methyl/N-ethyl adjacent to an activating group) is 1. The van der Waals surface area contributed by atoms with Gasteiger partial charge in [-0.05, 0) is 42.0 Å². The molecule has 0 saturated heterocycles. The van der Waals surface area contributed by atoms with Crippen LogP contribution in [-0.2, 0) is 17.8 Å². The predicted molar refractivity (Wildman–Crippen MR) is 104 cm³/mol. The van der Waals surface area contributed by atoms with Gasteiger partial charge in [-0.2, -0.15) is 5.10 Å². The summed E-state index contributed by atoms with van der Waals surface area (Å²) in [5.41, 5.74) is 3.78. The fourth-order valence-corrected chi connectivity index (χ4v) is 2.76. The maximum absolute atomic E-state index is 13.0. The van der Waals surface area contributed by atoms with Crippen LogP contribution in [0.25, 0.3) is 5.69 Å². The average molecular weight is 366 g/mol. The number of anilines is 1. The van der Waals surface area contributed by atoms with Crippen molar-refractivity contribution in [2.75, 3.05) is 26.0 Å². The molecule has 0 radical (unpaired) electrons. The van der Waals surface area contributed by atoms with E-state index in [1.165, 1.54) is 12.1 Å². The van der Waals surface area contributed by atoms with E-state index in [1.807, 2.05) is 49.5 Å². The largest absolute Gasteiger partial charge is 0.378 e. The van der Waals surface area contributed by atoms with Gasteiger partial charge < -0.3 is 9.80 Å². The molecule has 3 aromatic rings. The Labute approximate surface area is 158 Å². The van der Waals surface area contributed by atoms with E-state index in [1.54, 1.807) is 35.0 Å². The van der Waals surface area contributed by atoms with Crippen LogP contribution in [0.1, 0.15) is 11.1 Å². The van der Waals surface area contributed by atoms with Crippen LogP contribution >= 0.6 is 0 Å². The number of amides is 1. The van der Waals surface area contributed by atoms with Crippen molar-refractivity contribution >= 4 is 11.6 Å². The van der Waals surface area contributed by atoms with E-state index < -0.39 is 0 Å². The Kier molecular flexibility index (Phi) is 5.54. The van der Waals surface area contributed by atoms with Gasteiger partial charge in [0.2, 0.25) is 5.91 Å². The minimum absolute atomic E-state index is 0.0436. The lowest BCUT2D eigenvalue weighted by molar-refractivity contribution is -0.129. The lowest BCUT2D eigenvalue weighted by atomic mass is 10.1. The molecule has 27 heavy (non-hydrogen) atoms. The van der Waals surface area contributed by atoms with Crippen LogP contribution in [0.3, 0.4) is 0 Å². The monoisotopic (exact) mass is 366 g/mol. The van der Waals surface area contributed by atoms with Crippen LogP contribution in [0.5, 0.6) is 0 Å². The molecule has 140 valence electrons. The van der Waals surface area contributed by atoms with Crippen molar-refractivity contribution in [3.63, 3.8) is 0 Å². The van der Waals surface area contributed by atoms with Gasteiger partial charge in [0.1, 0.15) is 5.82 Å². The molecule has 3 rings (SSSR count). The number of halogens is 1. The molecular weight excluding hydrogens is 343 g/mol. The van der Waals surface area contributed by atoms with Gasteiger partial charge in [-0.25, -0.2) is 9.07 Å². The quantitative estimate of drug-likeness (QED) is 0.672. The van der Waals surface area contributed by atoms with E-state index in [9.17, 15) is 9.18 Å². The first-order valence-corrected chi connectivity index (χ1v) is 8.72. The van der Waals surface area contributed by atoms with E-state index in [0.717, 1.165) is 22.5 Å². The van der Waals surface area contributed by atoms with Crippen LogP contribution in [-0.4, -0.2) is 41.7 Å². The number of hydrogen-bond donors (Lipinski definition) is 0. The second-order valence-corrected chi connectivity index (χ2v) is 6.76. The van der Waals surface area contributed by atoms with E-state index in [0.29, 0.717) is 13.0 Å². The SMILES string of the molecule is CN(Cc1cnn(-c2ccc(F)cc2)c1)C(=O)Cc1ccc(N(C)C)cc1. The molecular formula is C21H23FN4O. The molecule has 0 aliphatic rings. The summed E-state index contributed by atoms with van der Waals surface area (Å²) in [7, 11) is 5.76. The smallest absolute Gasteiger partial charge is 0.227 e. The summed E-state index contributed by atoms with van der Waals surface area (Å²) in [6.45, 7) is 0.468. The Bertz CT molecular complexity index is 901. The first-order chi connectivity index (χ1) is 12.9. The van der Waals surface area contributed by atoms with Crippen molar-refractivity contribution in [2.24, 2.45) is 0 Å². The molecule has 0 fully saturated rings. The van der Waals surface area contributed by atoms with Crippen molar-refractivity contribution < 1.29 is 9.18 Å². The number of hydrogen-bond acceptors (Lipinski definition) is 3. The number of carbonyl (C=O) groups excluding carboxylic acids is 1. The summed E-state index contributed by atoms with van der Waals surface area (Å²) in [5, 5.41) is 4.29. The zero-order valence-corrected chi connectivity index (χ0v) is 15.8. The summed E-state index contributed by atoms with van der Waals surface area (Å²) >= 11 is 0. The van der Waals surface area contributed by atoms with Crippen LogP contribution in [0.2, 0.25) is 0 Å². The topological polar surface area (TPSA) is 41.4 Å². The van der Waals surface area contributed by atoms with Crippen molar-refractivity contribution in [3.8, 4) is 5.69 Å². The molecule has 0 atom stereocenters. The second-order valence-electron chi connectivity index (χ2n) is 6.76. The standard InChI is InChI=1S/C21H23FN4O/c1-24(2)19-8-4-16(5-9-19)12-21(27)25(3)14-17-13-23-26(15-17)20-10-6-18(22)7-11-20/h4-11,13,15H,12,14H2,1-3H3. The van der Waals surface area contributed by atoms with Crippen molar-refractivity contribution in [1.82, 2.24) is 14.7 Å². The molecule has 0 aliphatic heterocycles. The van der Waals surface area contributed by atoms with E-state index in [-0.39, 0.29) is 11.7 Å². The number of carbonyl (C=O) groups is 1. The summed E-state index contributed by atoms with van der Waals surface area (Å²) in [6.07, 6.45) is 3.93. The van der Waals surface area contributed by atoms with Gasteiger partial charge in [0.25, 0.3) is 0 Å². The Hall–Kier alpha value is -3.15. The Morgan fingerprint density at radius 2 is 1.67 bits per heavy atom. The van der Waals surface area contributed by atoms with Crippen LogP contribution in [0, 0.1) is 5.82 Å². The van der Waals surface area contributed by atoms with Gasteiger partial charge in [-0.3, -0.25) is 4.79 Å². The predicted octanol–water partition coefficient (Wildman–Crippen LogP) is 3.28. The van der Waals surface area contributed by atoms with E-state index >= 15 is 0 Å². The Morgan fingerprint density at radius 1 is 1.00 bits per heavy atom. The minimum atomic E-state index is -0.282. The number of aromatic nitrogens is 2. The number of nitrogens with zero attached hydrogens (tertiary/aromatic N) is 4. The zero-order valence-electron chi connectivity index (χ0n) is 15.8. The van der Waals surface area contributed by atoms with Gasteiger partial charge in [-0.1, -0.05) is 12.1 Å². The third kappa shape index (κ3) is 4.73. The summed E-state index contributed by atoms with van der Waals surface area (Å²) in [6, 6.07) is 14.1. The first kappa shape index (κ1) is 18.6. The Balaban J connectivity index is 1.60. The summed E-state index contributed by atoms with van der Waals surface area (Å²) < 4.78 is 14.7. The van der Waals surface area contributed by atoms with Gasteiger partial charge in [0.15, 0.2) is 0 Å². The molecule has 0 N–H and O–H groups in total. The van der Waals surface area contributed by atoms with Gasteiger partial charge in [0.05, 0.1) is 18.3 Å². The summed E-state index contributed by atoms with van der Waals surface area (Å²) in [4.78, 5) is 16.2. The van der Waals surface area contributed by atoms with Crippen LogP contribution in [0.15, 0.2) is 60.9 Å². The molecule has 1 aromatic heterocycles. The highest BCUT2D eigenvalue weighted by molar-refractivity contribution is 5.78. The van der Waals surface area contributed by atoms with Crippen LogP contribution in [0.4, 0.5) is 10.1 Å². The molecule has 1 heterocycles. The van der Waals surface area contributed by atoms with Gasteiger partial charge in [0, 0.05) is 45.1 Å². The highest BCUT2D eigenvalue weighted by atomic mass is 19.1.